The van der Waals surface area contributed by atoms with E-state index in [1.807, 2.05) is 24.3 Å². The molecule has 0 spiro atoms. The van der Waals surface area contributed by atoms with Crippen molar-refractivity contribution >= 4 is 37.7 Å². The first-order valence-corrected chi connectivity index (χ1v) is 8.88. The van der Waals surface area contributed by atoms with E-state index in [2.05, 4.69) is 26.1 Å². The SMILES string of the molecule is NS(=O)(=O)C1CC(=O)N(c2[nH]ncc2-c2ccccc2Br)C1. The van der Waals surface area contributed by atoms with Crippen LogP contribution in [0.3, 0.4) is 0 Å². The van der Waals surface area contributed by atoms with Gasteiger partial charge in [0, 0.05) is 28.6 Å². The number of hydrogen-bond acceptors (Lipinski definition) is 4. The van der Waals surface area contributed by atoms with Crippen molar-refractivity contribution < 1.29 is 13.2 Å². The van der Waals surface area contributed by atoms with Gasteiger partial charge in [0.1, 0.15) is 11.1 Å². The van der Waals surface area contributed by atoms with Crippen molar-refractivity contribution in [2.75, 3.05) is 11.4 Å². The zero-order valence-electron chi connectivity index (χ0n) is 11.4. The summed E-state index contributed by atoms with van der Waals surface area (Å²) in [5, 5.41) is 11.0. The minimum atomic E-state index is -3.75. The van der Waals surface area contributed by atoms with Crippen molar-refractivity contribution in [1.29, 1.82) is 0 Å². The zero-order chi connectivity index (χ0) is 15.9. The number of carbonyl (C=O) groups is 1. The molecule has 2 aromatic rings. The summed E-state index contributed by atoms with van der Waals surface area (Å²) >= 11 is 3.46. The van der Waals surface area contributed by atoms with Crippen LogP contribution in [0.15, 0.2) is 34.9 Å². The Kier molecular flexibility index (Phi) is 3.79. The fraction of sp³-hybridized carbons (Fsp3) is 0.231. The topological polar surface area (TPSA) is 109 Å². The van der Waals surface area contributed by atoms with Gasteiger partial charge in [0.25, 0.3) is 0 Å². The van der Waals surface area contributed by atoms with Crippen molar-refractivity contribution in [2.24, 2.45) is 5.14 Å². The zero-order valence-corrected chi connectivity index (χ0v) is 13.8. The Hall–Kier alpha value is -1.71. The summed E-state index contributed by atoms with van der Waals surface area (Å²) in [6.07, 6.45) is 1.49. The second-order valence-corrected chi connectivity index (χ2v) is 7.73. The molecule has 1 aliphatic heterocycles. The first-order valence-electron chi connectivity index (χ1n) is 6.48. The maximum Gasteiger partial charge on any atom is 0.229 e. The van der Waals surface area contributed by atoms with Gasteiger partial charge in [0.2, 0.25) is 15.9 Å². The van der Waals surface area contributed by atoms with Crippen LogP contribution in [0, 0.1) is 0 Å². The molecule has 0 radical (unpaired) electrons. The van der Waals surface area contributed by atoms with Gasteiger partial charge in [-0.3, -0.25) is 14.8 Å². The first-order chi connectivity index (χ1) is 10.4. The lowest BCUT2D eigenvalue weighted by molar-refractivity contribution is -0.117. The smallest absolute Gasteiger partial charge is 0.229 e. The summed E-state index contributed by atoms with van der Waals surface area (Å²) in [4.78, 5) is 13.5. The van der Waals surface area contributed by atoms with Crippen molar-refractivity contribution in [2.45, 2.75) is 11.7 Å². The highest BCUT2D eigenvalue weighted by atomic mass is 79.9. The van der Waals surface area contributed by atoms with Crippen LogP contribution >= 0.6 is 15.9 Å². The average Bonchev–Trinajstić information content (AvgIpc) is 3.04. The van der Waals surface area contributed by atoms with Crippen molar-refractivity contribution in [3.63, 3.8) is 0 Å². The minimum absolute atomic E-state index is 0.0251. The molecule has 1 unspecified atom stereocenters. The van der Waals surface area contributed by atoms with Gasteiger partial charge >= 0.3 is 0 Å². The lowest BCUT2D eigenvalue weighted by Gasteiger charge is -2.16. The standard InChI is InChI=1S/C13H13BrN4O3S/c14-11-4-2-1-3-9(11)10-6-16-17-13(10)18-7-8(5-12(18)19)22(15,20)21/h1-4,6,8H,5,7H2,(H,16,17)(H2,15,20,21). The van der Waals surface area contributed by atoms with E-state index in [0.29, 0.717) is 5.82 Å². The molecule has 3 rings (SSSR count). The molecule has 0 aliphatic carbocycles. The van der Waals surface area contributed by atoms with E-state index in [4.69, 9.17) is 5.14 Å². The van der Waals surface area contributed by atoms with Crippen LogP contribution in [0.25, 0.3) is 11.1 Å². The monoisotopic (exact) mass is 384 g/mol. The molecule has 1 saturated heterocycles. The molecule has 22 heavy (non-hydrogen) atoms. The van der Waals surface area contributed by atoms with Crippen LogP contribution in [-0.2, 0) is 14.8 Å². The van der Waals surface area contributed by atoms with E-state index in [1.165, 1.54) is 4.90 Å². The van der Waals surface area contributed by atoms with Crippen molar-refractivity contribution in [3.05, 3.63) is 34.9 Å². The molecule has 1 aromatic heterocycles. The number of amides is 1. The Bertz CT molecular complexity index is 833. The van der Waals surface area contributed by atoms with Gasteiger partial charge in [-0.1, -0.05) is 34.1 Å². The number of sulfonamides is 1. The number of carbonyl (C=O) groups excluding carboxylic acids is 1. The van der Waals surface area contributed by atoms with Crippen LogP contribution < -0.4 is 10.0 Å². The first kappa shape index (κ1) is 15.2. The molecule has 1 atom stereocenters. The molecule has 1 aliphatic rings. The van der Waals surface area contributed by atoms with E-state index in [1.54, 1.807) is 6.20 Å². The number of nitrogens with zero attached hydrogens (tertiary/aromatic N) is 2. The van der Waals surface area contributed by atoms with Gasteiger partial charge in [0.05, 0.1) is 6.20 Å². The van der Waals surface area contributed by atoms with Crippen LogP contribution in [0.4, 0.5) is 5.82 Å². The van der Waals surface area contributed by atoms with E-state index < -0.39 is 15.3 Å². The number of nitrogens with two attached hydrogens (primary N) is 1. The molecule has 0 saturated carbocycles. The van der Waals surface area contributed by atoms with Gasteiger partial charge in [-0.15, -0.1) is 0 Å². The minimum Gasteiger partial charge on any atom is -0.295 e. The molecule has 116 valence electrons. The second-order valence-electron chi connectivity index (χ2n) is 5.03. The van der Waals surface area contributed by atoms with Gasteiger partial charge in [-0.25, -0.2) is 13.6 Å². The molecule has 9 heteroatoms. The lowest BCUT2D eigenvalue weighted by Crippen LogP contribution is -2.32. The predicted octanol–water partition coefficient (Wildman–Crippen LogP) is 1.23. The number of halogens is 1. The Morgan fingerprint density at radius 2 is 2.05 bits per heavy atom. The number of hydrogen-bond donors (Lipinski definition) is 2. The summed E-state index contributed by atoms with van der Waals surface area (Å²) in [5.74, 6) is 0.180. The van der Waals surface area contributed by atoms with Crippen molar-refractivity contribution in [3.8, 4) is 11.1 Å². The number of aromatic nitrogens is 2. The maximum absolute atomic E-state index is 12.1. The highest BCUT2D eigenvalue weighted by molar-refractivity contribution is 9.10. The molecular weight excluding hydrogens is 372 g/mol. The molecule has 1 aromatic carbocycles. The summed E-state index contributed by atoms with van der Waals surface area (Å²) in [6, 6.07) is 7.52. The van der Waals surface area contributed by atoms with Crippen LogP contribution in [0.1, 0.15) is 6.42 Å². The fourth-order valence-corrected chi connectivity index (χ4v) is 3.70. The highest BCUT2D eigenvalue weighted by Gasteiger charge is 2.38. The Morgan fingerprint density at radius 1 is 1.32 bits per heavy atom. The molecule has 7 nitrogen and oxygen atoms in total. The lowest BCUT2D eigenvalue weighted by atomic mass is 10.1. The summed E-state index contributed by atoms with van der Waals surface area (Å²) in [5.41, 5.74) is 1.58. The molecule has 0 bridgehead atoms. The van der Waals surface area contributed by atoms with E-state index in [0.717, 1.165) is 15.6 Å². The van der Waals surface area contributed by atoms with Gasteiger partial charge in [-0.05, 0) is 6.07 Å². The highest BCUT2D eigenvalue weighted by Crippen LogP contribution is 2.35. The third-order valence-electron chi connectivity index (χ3n) is 3.61. The number of nitrogens with one attached hydrogen (secondary N) is 1. The number of aromatic amines is 1. The average molecular weight is 385 g/mol. The summed E-state index contributed by atoms with van der Waals surface area (Å²) in [7, 11) is -3.75. The number of rotatable bonds is 3. The van der Waals surface area contributed by atoms with Crippen molar-refractivity contribution in [1.82, 2.24) is 10.2 Å². The van der Waals surface area contributed by atoms with Crippen LogP contribution in [-0.4, -0.2) is 36.3 Å². The largest absolute Gasteiger partial charge is 0.295 e. The Morgan fingerprint density at radius 3 is 2.68 bits per heavy atom. The third kappa shape index (κ3) is 2.67. The molecule has 1 fully saturated rings. The quantitative estimate of drug-likeness (QED) is 0.828. The van der Waals surface area contributed by atoms with E-state index in [9.17, 15) is 13.2 Å². The second kappa shape index (κ2) is 5.49. The summed E-state index contributed by atoms with van der Waals surface area (Å²) < 4.78 is 23.8. The molecule has 3 N–H and O–H groups in total. The van der Waals surface area contributed by atoms with Gasteiger partial charge in [0.15, 0.2) is 0 Å². The molecule has 2 heterocycles. The Labute approximate surface area is 135 Å². The number of anilines is 1. The van der Waals surface area contributed by atoms with Gasteiger partial charge < -0.3 is 0 Å². The Balaban J connectivity index is 2.00. The van der Waals surface area contributed by atoms with E-state index in [-0.39, 0.29) is 18.9 Å². The molecular formula is C13H13BrN4O3S. The molecule has 1 amide bonds. The fourth-order valence-electron chi connectivity index (χ4n) is 2.47. The number of primary sulfonamides is 1. The normalized spacial score (nSPS) is 18.9. The summed E-state index contributed by atoms with van der Waals surface area (Å²) in [6.45, 7) is 0.0251. The number of benzene rings is 1. The third-order valence-corrected chi connectivity index (χ3v) is 5.54. The van der Waals surface area contributed by atoms with Gasteiger partial charge in [-0.2, -0.15) is 5.10 Å². The van der Waals surface area contributed by atoms with Crippen LogP contribution in [0.5, 0.6) is 0 Å². The maximum atomic E-state index is 12.1. The number of H-pyrrole nitrogens is 1. The predicted molar refractivity (Wildman–Crippen MR) is 85.6 cm³/mol. The van der Waals surface area contributed by atoms with E-state index >= 15 is 0 Å². The van der Waals surface area contributed by atoms with Crippen LogP contribution in [0.2, 0.25) is 0 Å².